The largest absolute Gasteiger partial charge is 0.496 e. The summed E-state index contributed by atoms with van der Waals surface area (Å²) < 4.78 is 16.8. The Hall–Kier alpha value is -2.03. The Bertz CT molecular complexity index is 995. The second kappa shape index (κ2) is 8.72. The van der Waals surface area contributed by atoms with Gasteiger partial charge < -0.3 is 34.6 Å². The molecule has 0 saturated carbocycles. The molecule has 0 unspecified atom stereocenters. The van der Waals surface area contributed by atoms with Gasteiger partial charge in [-0.15, -0.1) is 0 Å². The number of fused-ring (bicyclic) bond motifs is 1. The van der Waals surface area contributed by atoms with Crippen LogP contribution in [0.25, 0.3) is 0 Å². The van der Waals surface area contributed by atoms with Crippen molar-refractivity contribution in [2.45, 2.75) is 48.6 Å². The van der Waals surface area contributed by atoms with Crippen molar-refractivity contribution in [3.8, 4) is 11.5 Å². The predicted molar refractivity (Wildman–Crippen MR) is 118 cm³/mol. The minimum atomic E-state index is -1.48. The molecule has 5 atom stereocenters. The molecule has 1 fully saturated rings. The van der Waals surface area contributed by atoms with Gasteiger partial charge in [0.2, 0.25) is 0 Å². The molecule has 2 aromatic carbocycles. The summed E-state index contributed by atoms with van der Waals surface area (Å²) in [6.07, 6.45) is -5.25. The molecule has 1 saturated heterocycles. The highest BCUT2D eigenvalue weighted by Gasteiger charge is 2.45. The molecule has 0 spiro atoms. The molecular formula is C23H26B2O7. The quantitative estimate of drug-likeness (QED) is 0.467. The Kier molecular flexibility index (Phi) is 6.31. The standard InChI is InChI=1S/C23H26B2O7/c1-30-16-8-17(31-2)14(22-21(29)20(28)19(27)18(10-26)32-22)7-12(16)5-11-3-4-15-13(6-11)9-23(15,24)25/h3-4,6-8,18-22,26-29H,5,9-10H2,1-2H3/t18-,19-,20+,21-,22+/m1/s1. The van der Waals surface area contributed by atoms with Crippen LogP contribution in [-0.2, 0) is 22.8 Å². The van der Waals surface area contributed by atoms with Crippen LogP contribution in [0.4, 0.5) is 0 Å². The van der Waals surface area contributed by atoms with E-state index < -0.39 is 42.3 Å². The molecule has 1 aliphatic carbocycles. The lowest BCUT2D eigenvalue weighted by molar-refractivity contribution is -0.232. The summed E-state index contributed by atoms with van der Waals surface area (Å²) >= 11 is 0. The maximum atomic E-state index is 10.6. The van der Waals surface area contributed by atoms with Crippen molar-refractivity contribution in [3.63, 3.8) is 0 Å². The molecule has 7 nitrogen and oxygen atoms in total. The Morgan fingerprint density at radius 1 is 1.00 bits per heavy atom. The maximum Gasteiger partial charge on any atom is 0.128 e. The number of aliphatic hydroxyl groups is 4. The molecule has 4 radical (unpaired) electrons. The minimum Gasteiger partial charge on any atom is -0.496 e. The highest BCUT2D eigenvalue weighted by Crippen LogP contribution is 2.41. The fourth-order valence-electron chi connectivity index (χ4n) is 4.59. The van der Waals surface area contributed by atoms with Crippen LogP contribution in [0.2, 0.25) is 0 Å². The van der Waals surface area contributed by atoms with Crippen molar-refractivity contribution < 1.29 is 34.6 Å². The van der Waals surface area contributed by atoms with Crippen LogP contribution >= 0.6 is 0 Å². The van der Waals surface area contributed by atoms with Crippen LogP contribution < -0.4 is 9.47 Å². The molecule has 2 aromatic rings. The zero-order valence-corrected chi connectivity index (χ0v) is 18.1. The number of ether oxygens (including phenoxy) is 3. The van der Waals surface area contributed by atoms with Crippen LogP contribution in [0.5, 0.6) is 11.5 Å². The predicted octanol–water partition coefficient (Wildman–Crippen LogP) is -0.145. The summed E-state index contributed by atoms with van der Waals surface area (Å²) in [4.78, 5) is 0. The van der Waals surface area contributed by atoms with Crippen molar-refractivity contribution in [2.75, 3.05) is 20.8 Å². The number of aliphatic hydroxyl groups excluding tert-OH is 4. The molecule has 1 heterocycles. The second-order valence-electron chi connectivity index (χ2n) is 8.54. The van der Waals surface area contributed by atoms with Gasteiger partial charge in [0.1, 0.15) is 42.0 Å². The van der Waals surface area contributed by atoms with Crippen LogP contribution in [-0.4, -0.2) is 81.4 Å². The van der Waals surface area contributed by atoms with Gasteiger partial charge in [0.05, 0.1) is 36.5 Å². The summed E-state index contributed by atoms with van der Waals surface area (Å²) in [6.45, 7) is -0.508. The Morgan fingerprint density at radius 2 is 1.72 bits per heavy atom. The lowest BCUT2D eigenvalue weighted by Gasteiger charge is -2.40. The van der Waals surface area contributed by atoms with E-state index in [1.165, 1.54) is 7.11 Å². The van der Waals surface area contributed by atoms with E-state index in [4.69, 9.17) is 29.9 Å². The summed E-state index contributed by atoms with van der Waals surface area (Å²) in [5.41, 5.74) is 4.36. The Labute approximate surface area is 189 Å². The van der Waals surface area contributed by atoms with Crippen molar-refractivity contribution in [1.29, 1.82) is 0 Å². The van der Waals surface area contributed by atoms with Gasteiger partial charge in [0.25, 0.3) is 0 Å². The summed E-state index contributed by atoms with van der Waals surface area (Å²) in [5.74, 6) is 0.980. The monoisotopic (exact) mass is 436 g/mol. The third-order valence-corrected chi connectivity index (χ3v) is 6.38. The normalized spacial score (nSPS) is 28.5. The van der Waals surface area contributed by atoms with Crippen LogP contribution in [0, 0.1) is 0 Å². The first kappa shape index (κ1) is 23.1. The molecule has 9 heteroatoms. The van der Waals surface area contributed by atoms with E-state index >= 15 is 0 Å². The molecule has 0 aromatic heterocycles. The fraction of sp³-hybridized carbons (Fsp3) is 0.478. The average molecular weight is 436 g/mol. The first-order chi connectivity index (χ1) is 15.2. The number of hydrogen-bond donors (Lipinski definition) is 4. The van der Waals surface area contributed by atoms with Gasteiger partial charge in [0.15, 0.2) is 0 Å². The maximum absolute atomic E-state index is 10.6. The number of benzene rings is 2. The lowest BCUT2D eigenvalue weighted by atomic mass is 9.42. The summed E-state index contributed by atoms with van der Waals surface area (Å²) in [5, 5.41) is 39.7. The first-order valence-electron chi connectivity index (χ1n) is 10.5. The van der Waals surface area contributed by atoms with E-state index in [0.29, 0.717) is 29.9 Å². The van der Waals surface area contributed by atoms with E-state index in [2.05, 4.69) is 6.07 Å². The van der Waals surface area contributed by atoms with Gasteiger partial charge in [-0.2, -0.15) is 0 Å². The SMILES string of the molecule is [B]C1([B])Cc2cc(Cc3cc([C@@H]4O[C@H](CO)[C@@H](O)[C@H](O)[C@H]4O)c(OC)cc3OC)ccc21. The van der Waals surface area contributed by atoms with Gasteiger partial charge in [-0.25, -0.2) is 0 Å². The molecular weight excluding hydrogens is 410 g/mol. The van der Waals surface area contributed by atoms with E-state index in [1.807, 2.05) is 12.1 Å². The molecule has 166 valence electrons. The summed E-state index contributed by atoms with van der Waals surface area (Å²) in [6, 6.07) is 9.44. The minimum absolute atomic E-state index is 0.392. The topological polar surface area (TPSA) is 109 Å². The van der Waals surface area contributed by atoms with Gasteiger partial charge >= 0.3 is 0 Å². The zero-order valence-electron chi connectivity index (χ0n) is 18.1. The molecule has 2 aliphatic rings. The lowest BCUT2D eigenvalue weighted by Crippen LogP contribution is -2.55. The third kappa shape index (κ3) is 3.93. The molecule has 0 amide bonds. The highest BCUT2D eigenvalue weighted by molar-refractivity contribution is 6.41. The highest BCUT2D eigenvalue weighted by atomic mass is 16.5. The van der Waals surface area contributed by atoms with Crippen molar-refractivity contribution in [2.24, 2.45) is 0 Å². The van der Waals surface area contributed by atoms with E-state index in [-0.39, 0.29) is 0 Å². The number of hydrogen-bond acceptors (Lipinski definition) is 7. The Balaban J connectivity index is 1.70. The van der Waals surface area contributed by atoms with Gasteiger partial charge in [-0.1, -0.05) is 29.0 Å². The van der Waals surface area contributed by atoms with Gasteiger partial charge in [0, 0.05) is 18.1 Å². The summed E-state index contributed by atoms with van der Waals surface area (Å²) in [7, 11) is 15.1. The second-order valence-corrected chi connectivity index (χ2v) is 8.54. The molecule has 4 rings (SSSR count). The Morgan fingerprint density at radius 3 is 2.31 bits per heavy atom. The molecule has 32 heavy (non-hydrogen) atoms. The van der Waals surface area contributed by atoms with Crippen LogP contribution in [0.3, 0.4) is 0 Å². The van der Waals surface area contributed by atoms with Crippen LogP contribution in [0.1, 0.15) is 33.9 Å². The van der Waals surface area contributed by atoms with E-state index in [1.54, 1.807) is 19.2 Å². The zero-order chi connectivity index (χ0) is 23.2. The van der Waals surface area contributed by atoms with E-state index in [9.17, 15) is 20.4 Å². The van der Waals surface area contributed by atoms with Crippen LogP contribution in [0.15, 0.2) is 30.3 Å². The van der Waals surface area contributed by atoms with Gasteiger partial charge in [-0.3, -0.25) is 0 Å². The van der Waals surface area contributed by atoms with Crippen molar-refractivity contribution in [1.82, 2.24) is 0 Å². The number of rotatable bonds is 6. The van der Waals surface area contributed by atoms with Crippen molar-refractivity contribution in [3.05, 3.63) is 58.1 Å². The average Bonchev–Trinajstić information content (AvgIpc) is 2.77. The first-order valence-corrected chi connectivity index (χ1v) is 10.5. The number of methoxy groups -OCH3 is 2. The van der Waals surface area contributed by atoms with E-state index in [0.717, 1.165) is 22.3 Å². The molecule has 4 N–H and O–H groups in total. The third-order valence-electron chi connectivity index (χ3n) is 6.38. The van der Waals surface area contributed by atoms with Gasteiger partial charge in [-0.05, 0) is 29.2 Å². The molecule has 1 aliphatic heterocycles. The smallest absolute Gasteiger partial charge is 0.128 e. The van der Waals surface area contributed by atoms with Crippen molar-refractivity contribution >= 4 is 15.7 Å². The fourth-order valence-corrected chi connectivity index (χ4v) is 4.59. The molecule has 0 bridgehead atoms.